The van der Waals surface area contributed by atoms with E-state index in [2.05, 4.69) is 34.3 Å². The van der Waals surface area contributed by atoms with E-state index in [0.717, 1.165) is 36.5 Å². The van der Waals surface area contributed by atoms with Gasteiger partial charge in [-0.2, -0.15) is 0 Å². The minimum atomic E-state index is 0.256. The first-order valence-electron chi connectivity index (χ1n) is 7.12. The molecular weight excluding hydrogens is 208 g/mol. The van der Waals surface area contributed by atoms with Crippen LogP contribution < -0.4 is 0 Å². The van der Waals surface area contributed by atoms with Gasteiger partial charge in [-0.3, -0.25) is 4.79 Å². The zero-order chi connectivity index (χ0) is 13.0. The Morgan fingerprint density at radius 2 is 1.94 bits per heavy atom. The molecule has 1 nitrogen and oxygen atoms in total. The van der Waals surface area contributed by atoms with Gasteiger partial charge in [-0.1, -0.05) is 34.3 Å². The van der Waals surface area contributed by atoms with E-state index in [0.29, 0.717) is 0 Å². The van der Waals surface area contributed by atoms with Crippen molar-refractivity contribution in [2.45, 2.75) is 53.4 Å². The van der Waals surface area contributed by atoms with Crippen LogP contribution in [0, 0.1) is 29.6 Å². The Morgan fingerprint density at radius 1 is 1.29 bits per heavy atom. The Labute approximate surface area is 107 Å². The minimum absolute atomic E-state index is 0.256. The van der Waals surface area contributed by atoms with E-state index in [1.165, 1.54) is 18.9 Å². The molecule has 1 aliphatic rings. The molecule has 0 aromatic carbocycles. The average Bonchev–Trinajstić information content (AvgIpc) is 2.26. The number of hydrogen-bond donors (Lipinski definition) is 0. The molecule has 0 aromatic heterocycles. The standard InChI is InChI=1S/C16H28O/c1-6-16(17)13-7-8-15(12(4)5)14(10-13)9-11(2)3/h6,11-15H,1,7-10H2,2-5H3. The van der Waals surface area contributed by atoms with Crippen molar-refractivity contribution in [3.63, 3.8) is 0 Å². The van der Waals surface area contributed by atoms with E-state index >= 15 is 0 Å². The van der Waals surface area contributed by atoms with Crippen LogP contribution >= 0.6 is 0 Å². The first-order chi connectivity index (χ1) is 7.95. The third kappa shape index (κ3) is 3.97. The van der Waals surface area contributed by atoms with E-state index in [4.69, 9.17) is 0 Å². The Bertz CT molecular complexity index is 265. The minimum Gasteiger partial charge on any atom is -0.295 e. The highest BCUT2D eigenvalue weighted by atomic mass is 16.1. The first kappa shape index (κ1) is 14.5. The van der Waals surface area contributed by atoms with Gasteiger partial charge in [0.2, 0.25) is 0 Å². The van der Waals surface area contributed by atoms with Gasteiger partial charge in [0.25, 0.3) is 0 Å². The van der Waals surface area contributed by atoms with Crippen LogP contribution in [0.15, 0.2) is 12.7 Å². The summed E-state index contributed by atoms with van der Waals surface area (Å²) in [5.74, 6) is 3.55. The fraction of sp³-hybridized carbons (Fsp3) is 0.812. The predicted molar refractivity (Wildman–Crippen MR) is 73.8 cm³/mol. The molecule has 3 unspecified atom stereocenters. The molecule has 1 rings (SSSR count). The maximum atomic E-state index is 11.8. The second-order valence-corrected chi connectivity index (χ2v) is 6.41. The first-order valence-corrected chi connectivity index (χ1v) is 7.12. The lowest BCUT2D eigenvalue weighted by atomic mass is 9.66. The van der Waals surface area contributed by atoms with Crippen LogP contribution in [0.25, 0.3) is 0 Å². The van der Waals surface area contributed by atoms with Gasteiger partial charge in [0.15, 0.2) is 5.78 Å². The highest BCUT2D eigenvalue weighted by molar-refractivity contribution is 5.91. The maximum absolute atomic E-state index is 11.8. The van der Waals surface area contributed by atoms with Gasteiger partial charge in [-0.15, -0.1) is 0 Å². The topological polar surface area (TPSA) is 17.1 Å². The smallest absolute Gasteiger partial charge is 0.158 e. The molecule has 0 radical (unpaired) electrons. The molecule has 1 saturated carbocycles. The molecule has 0 saturated heterocycles. The second-order valence-electron chi connectivity index (χ2n) is 6.41. The van der Waals surface area contributed by atoms with Gasteiger partial charge in [-0.25, -0.2) is 0 Å². The van der Waals surface area contributed by atoms with Gasteiger partial charge in [0.1, 0.15) is 0 Å². The monoisotopic (exact) mass is 236 g/mol. The summed E-state index contributed by atoms with van der Waals surface area (Å²) in [4.78, 5) is 11.8. The zero-order valence-electron chi connectivity index (χ0n) is 11.9. The number of ketones is 1. The normalized spacial score (nSPS) is 29.6. The molecular formula is C16H28O. The fourth-order valence-electron chi connectivity index (χ4n) is 3.47. The van der Waals surface area contributed by atoms with Crippen LogP contribution in [0.2, 0.25) is 0 Å². The summed E-state index contributed by atoms with van der Waals surface area (Å²) in [5.41, 5.74) is 0. The van der Waals surface area contributed by atoms with Crippen LogP contribution in [0.1, 0.15) is 53.4 Å². The molecule has 0 N–H and O–H groups in total. The van der Waals surface area contributed by atoms with Gasteiger partial charge in [-0.05, 0) is 55.4 Å². The van der Waals surface area contributed by atoms with Crippen molar-refractivity contribution in [1.29, 1.82) is 0 Å². The number of hydrogen-bond acceptors (Lipinski definition) is 1. The molecule has 0 aromatic rings. The van der Waals surface area contributed by atoms with Crippen molar-refractivity contribution in [3.8, 4) is 0 Å². The summed E-state index contributed by atoms with van der Waals surface area (Å²) >= 11 is 0. The molecule has 3 atom stereocenters. The molecule has 0 heterocycles. The third-order valence-electron chi connectivity index (χ3n) is 4.28. The van der Waals surface area contributed by atoms with Crippen molar-refractivity contribution in [2.24, 2.45) is 29.6 Å². The lowest BCUT2D eigenvalue weighted by Gasteiger charge is -2.38. The quantitative estimate of drug-likeness (QED) is 0.643. The lowest BCUT2D eigenvalue weighted by molar-refractivity contribution is -0.120. The molecule has 0 aliphatic heterocycles. The van der Waals surface area contributed by atoms with Crippen molar-refractivity contribution in [3.05, 3.63) is 12.7 Å². The highest BCUT2D eigenvalue weighted by Gasteiger charge is 2.34. The van der Waals surface area contributed by atoms with Gasteiger partial charge in [0.05, 0.1) is 0 Å². The molecule has 17 heavy (non-hydrogen) atoms. The summed E-state index contributed by atoms with van der Waals surface area (Å²) in [6, 6.07) is 0. The lowest BCUT2D eigenvalue weighted by Crippen LogP contribution is -2.32. The number of carbonyl (C=O) groups excluding carboxylic acids is 1. The number of carbonyl (C=O) groups is 1. The Morgan fingerprint density at radius 3 is 2.41 bits per heavy atom. The summed E-state index contributed by atoms with van der Waals surface area (Å²) < 4.78 is 0. The van der Waals surface area contributed by atoms with Crippen LogP contribution in [0.3, 0.4) is 0 Å². The summed E-state index contributed by atoms with van der Waals surface area (Å²) in [5, 5.41) is 0. The van der Waals surface area contributed by atoms with E-state index in [1.807, 2.05) is 0 Å². The molecule has 0 spiro atoms. The second kappa shape index (κ2) is 6.37. The Balaban J connectivity index is 2.69. The third-order valence-corrected chi connectivity index (χ3v) is 4.28. The summed E-state index contributed by atoms with van der Waals surface area (Å²) in [6.45, 7) is 12.9. The van der Waals surface area contributed by atoms with Crippen molar-refractivity contribution < 1.29 is 4.79 Å². The van der Waals surface area contributed by atoms with Crippen molar-refractivity contribution in [2.75, 3.05) is 0 Å². The van der Waals surface area contributed by atoms with Crippen LogP contribution in [0.4, 0.5) is 0 Å². The number of rotatable bonds is 5. The molecule has 1 aliphatic carbocycles. The highest BCUT2D eigenvalue weighted by Crippen LogP contribution is 2.41. The van der Waals surface area contributed by atoms with Gasteiger partial charge >= 0.3 is 0 Å². The predicted octanol–water partition coefficient (Wildman–Crippen LogP) is 4.48. The van der Waals surface area contributed by atoms with Crippen molar-refractivity contribution >= 4 is 5.78 Å². The maximum Gasteiger partial charge on any atom is 0.158 e. The SMILES string of the molecule is C=CC(=O)C1CCC(C(C)C)C(CC(C)C)C1. The zero-order valence-corrected chi connectivity index (χ0v) is 11.9. The van der Waals surface area contributed by atoms with E-state index < -0.39 is 0 Å². The Hall–Kier alpha value is -0.590. The summed E-state index contributed by atoms with van der Waals surface area (Å²) in [7, 11) is 0. The fourth-order valence-corrected chi connectivity index (χ4v) is 3.47. The van der Waals surface area contributed by atoms with E-state index in [1.54, 1.807) is 0 Å². The average molecular weight is 236 g/mol. The van der Waals surface area contributed by atoms with Crippen LogP contribution in [-0.2, 0) is 4.79 Å². The van der Waals surface area contributed by atoms with Crippen LogP contribution in [0.5, 0.6) is 0 Å². The van der Waals surface area contributed by atoms with E-state index in [9.17, 15) is 4.79 Å². The largest absolute Gasteiger partial charge is 0.295 e. The van der Waals surface area contributed by atoms with Gasteiger partial charge in [0, 0.05) is 5.92 Å². The van der Waals surface area contributed by atoms with E-state index in [-0.39, 0.29) is 11.7 Å². The number of allylic oxidation sites excluding steroid dienone is 1. The van der Waals surface area contributed by atoms with Crippen molar-refractivity contribution in [1.82, 2.24) is 0 Å². The molecule has 98 valence electrons. The molecule has 0 bridgehead atoms. The molecule has 0 amide bonds. The van der Waals surface area contributed by atoms with Crippen LogP contribution in [-0.4, -0.2) is 5.78 Å². The molecule has 1 fully saturated rings. The van der Waals surface area contributed by atoms with Gasteiger partial charge < -0.3 is 0 Å². The molecule has 1 heteroatoms. The summed E-state index contributed by atoms with van der Waals surface area (Å²) in [6.07, 6.45) is 6.17. The Kier molecular flexibility index (Phi) is 5.42.